The van der Waals surface area contributed by atoms with Crippen molar-refractivity contribution < 1.29 is 17.9 Å². The molecule has 1 saturated heterocycles. The number of ether oxygens (including phenoxy) is 1. The number of nitrogens with zero attached hydrogens (tertiary/aromatic N) is 2. The van der Waals surface area contributed by atoms with E-state index < -0.39 is 10.0 Å². The zero-order valence-corrected chi connectivity index (χ0v) is 15.2. The molecular weight excluding hydrogens is 330 g/mol. The second-order valence-corrected chi connectivity index (χ2v) is 8.34. The maximum Gasteiger partial charge on any atom is 0.258 e. The Morgan fingerprint density at radius 2 is 1.83 bits per heavy atom. The molecule has 1 fully saturated rings. The summed E-state index contributed by atoms with van der Waals surface area (Å²) in [5.41, 5.74) is 0. The first-order valence-electron chi connectivity index (χ1n) is 7.92. The van der Waals surface area contributed by atoms with Gasteiger partial charge in [0.2, 0.25) is 10.0 Å². The van der Waals surface area contributed by atoms with Crippen molar-refractivity contribution in [2.24, 2.45) is 0 Å². The monoisotopic (exact) mass is 355 g/mol. The van der Waals surface area contributed by atoms with Crippen LogP contribution in [0, 0.1) is 0 Å². The summed E-state index contributed by atoms with van der Waals surface area (Å²) < 4.78 is 30.5. The van der Waals surface area contributed by atoms with Crippen molar-refractivity contribution in [3.8, 4) is 5.75 Å². The first-order valence-corrected chi connectivity index (χ1v) is 9.36. The number of rotatable bonds is 6. The molecule has 1 aliphatic heterocycles. The van der Waals surface area contributed by atoms with Gasteiger partial charge in [-0.05, 0) is 57.2 Å². The van der Waals surface area contributed by atoms with Gasteiger partial charge in [0, 0.05) is 20.1 Å². The standard InChI is InChI=1S/C16H25N3O4S/c1-18(2)24(21,22)15-6-4-14(5-7-15)23-12-16(20)17-13-8-10-19(3)11-9-13/h4-7,13H,8-12H2,1-3H3,(H,17,20). The van der Waals surface area contributed by atoms with Crippen LogP contribution in [0.2, 0.25) is 0 Å². The van der Waals surface area contributed by atoms with E-state index in [-0.39, 0.29) is 23.5 Å². The topological polar surface area (TPSA) is 79.0 Å². The van der Waals surface area contributed by atoms with Crippen LogP contribution in [0.25, 0.3) is 0 Å². The maximum atomic E-state index is 12.0. The summed E-state index contributed by atoms with van der Waals surface area (Å²) in [4.78, 5) is 14.4. The minimum atomic E-state index is -3.45. The molecule has 1 aromatic carbocycles. The highest BCUT2D eigenvalue weighted by molar-refractivity contribution is 7.89. The van der Waals surface area contributed by atoms with Crippen LogP contribution in [-0.4, -0.2) is 70.4 Å². The maximum absolute atomic E-state index is 12.0. The number of carbonyl (C=O) groups is 1. The van der Waals surface area contributed by atoms with Crippen molar-refractivity contribution >= 4 is 15.9 Å². The normalized spacial score (nSPS) is 17.0. The molecule has 8 heteroatoms. The number of benzene rings is 1. The Bertz CT molecular complexity index is 650. The van der Waals surface area contributed by atoms with Crippen molar-refractivity contribution in [1.29, 1.82) is 0 Å². The predicted octanol–water partition coefficient (Wildman–Crippen LogP) is 0.526. The number of carbonyl (C=O) groups excluding carboxylic acids is 1. The smallest absolute Gasteiger partial charge is 0.258 e. The quantitative estimate of drug-likeness (QED) is 0.805. The fraction of sp³-hybridized carbons (Fsp3) is 0.562. The molecule has 0 spiro atoms. The average molecular weight is 355 g/mol. The van der Waals surface area contributed by atoms with Gasteiger partial charge in [0.1, 0.15) is 5.75 Å². The molecule has 134 valence electrons. The average Bonchev–Trinajstić information content (AvgIpc) is 2.55. The number of amides is 1. The zero-order chi connectivity index (χ0) is 17.7. The number of nitrogens with one attached hydrogen (secondary N) is 1. The highest BCUT2D eigenvalue weighted by atomic mass is 32.2. The van der Waals surface area contributed by atoms with E-state index in [0.29, 0.717) is 5.75 Å². The van der Waals surface area contributed by atoms with E-state index >= 15 is 0 Å². The van der Waals surface area contributed by atoms with Gasteiger partial charge < -0.3 is 15.0 Å². The van der Waals surface area contributed by atoms with Gasteiger partial charge in [0.05, 0.1) is 4.90 Å². The summed E-state index contributed by atoms with van der Waals surface area (Å²) in [6, 6.07) is 6.25. The lowest BCUT2D eigenvalue weighted by Crippen LogP contribution is -2.44. The van der Waals surface area contributed by atoms with Crippen molar-refractivity contribution in [3.05, 3.63) is 24.3 Å². The third-order valence-electron chi connectivity index (χ3n) is 4.06. The van der Waals surface area contributed by atoms with Gasteiger partial charge in [-0.25, -0.2) is 12.7 Å². The Hall–Kier alpha value is -1.64. The fourth-order valence-electron chi connectivity index (χ4n) is 2.49. The van der Waals surface area contributed by atoms with Gasteiger partial charge in [0.25, 0.3) is 5.91 Å². The summed E-state index contributed by atoms with van der Waals surface area (Å²) in [6.45, 7) is 1.88. The van der Waals surface area contributed by atoms with E-state index in [2.05, 4.69) is 17.3 Å². The van der Waals surface area contributed by atoms with Crippen molar-refractivity contribution in [3.63, 3.8) is 0 Å². The second kappa shape index (κ2) is 7.96. The first-order chi connectivity index (χ1) is 11.3. The van der Waals surface area contributed by atoms with E-state index in [4.69, 9.17) is 4.74 Å². The van der Waals surface area contributed by atoms with Gasteiger partial charge in [-0.3, -0.25) is 4.79 Å². The summed E-state index contributed by atoms with van der Waals surface area (Å²) in [5.74, 6) is 0.306. The van der Waals surface area contributed by atoms with Crippen molar-refractivity contribution in [2.75, 3.05) is 40.8 Å². The van der Waals surface area contributed by atoms with Crippen LogP contribution >= 0.6 is 0 Å². The third kappa shape index (κ3) is 4.93. The Balaban J connectivity index is 1.83. The second-order valence-electron chi connectivity index (χ2n) is 6.19. The van der Waals surface area contributed by atoms with Gasteiger partial charge >= 0.3 is 0 Å². The Labute approximate surface area is 143 Å². The highest BCUT2D eigenvalue weighted by Gasteiger charge is 2.19. The lowest BCUT2D eigenvalue weighted by molar-refractivity contribution is -0.124. The molecule has 0 saturated carbocycles. The largest absolute Gasteiger partial charge is 0.484 e. The lowest BCUT2D eigenvalue weighted by atomic mass is 10.1. The van der Waals surface area contributed by atoms with Crippen LogP contribution < -0.4 is 10.1 Å². The molecular formula is C16H25N3O4S. The van der Waals surface area contributed by atoms with Gasteiger partial charge in [0.15, 0.2) is 6.61 Å². The molecule has 0 unspecified atom stereocenters. The zero-order valence-electron chi connectivity index (χ0n) is 14.4. The van der Waals surface area contributed by atoms with Crippen LogP contribution in [0.15, 0.2) is 29.2 Å². The number of hydrogen-bond donors (Lipinski definition) is 1. The Kier molecular flexibility index (Phi) is 6.20. The summed E-state index contributed by atoms with van der Waals surface area (Å²) in [7, 11) is 1.58. The van der Waals surface area contributed by atoms with E-state index in [1.54, 1.807) is 12.1 Å². The van der Waals surface area contributed by atoms with Crippen LogP contribution in [0.4, 0.5) is 0 Å². The van der Waals surface area contributed by atoms with Crippen LogP contribution in [-0.2, 0) is 14.8 Å². The predicted molar refractivity (Wildman–Crippen MR) is 91.5 cm³/mol. The molecule has 0 bridgehead atoms. The molecule has 24 heavy (non-hydrogen) atoms. The van der Waals surface area contributed by atoms with Gasteiger partial charge in [-0.2, -0.15) is 0 Å². The molecule has 0 aromatic heterocycles. The molecule has 1 N–H and O–H groups in total. The Morgan fingerprint density at radius 1 is 1.25 bits per heavy atom. The molecule has 1 aromatic rings. The minimum absolute atomic E-state index is 0.0773. The molecule has 1 amide bonds. The molecule has 0 atom stereocenters. The van der Waals surface area contributed by atoms with E-state index in [0.717, 1.165) is 30.2 Å². The number of hydrogen-bond acceptors (Lipinski definition) is 5. The summed E-state index contributed by atoms with van der Waals surface area (Å²) >= 11 is 0. The number of piperidine rings is 1. The molecule has 1 aliphatic rings. The van der Waals surface area contributed by atoms with Crippen LogP contribution in [0.3, 0.4) is 0 Å². The summed E-state index contributed by atoms with van der Waals surface area (Å²) in [5, 5.41) is 2.97. The van der Waals surface area contributed by atoms with E-state index in [9.17, 15) is 13.2 Å². The fourth-order valence-corrected chi connectivity index (χ4v) is 3.39. The highest BCUT2D eigenvalue weighted by Crippen LogP contribution is 2.18. The number of likely N-dealkylation sites (tertiary alicyclic amines) is 1. The third-order valence-corrected chi connectivity index (χ3v) is 5.89. The van der Waals surface area contributed by atoms with Crippen molar-refractivity contribution in [1.82, 2.24) is 14.5 Å². The summed E-state index contributed by atoms with van der Waals surface area (Å²) in [6.07, 6.45) is 1.89. The van der Waals surface area contributed by atoms with Gasteiger partial charge in [-0.15, -0.1) is 0 Å². The Morgan fingerprint density at radius 3 is 2.38 bits per heavy atom. The lowest BCUT2D eigenvalue weighted by Gasteiger charge is -2.29. The van der Waals surface area contributed by atoms with Gasteiger partial charge in [-0.1, -0.05) is 0 Å². The number of sulfonamides is 1. The van der Waals surface area contributed by atoms with E-state index in [1.165, 1.54) is 26.2 Å². The van der Waals surface area contributed by atoms with Crippen LogP contribution in [0.5, 0.6) is 5.75 Å². The first kappa shape index (κ1) is 18.7. The van der Waals surface area contributed by atoms with Crippen molar-refractivity contribution in [2.45, 2.75) is 23.8 Å². The molecule has 1 heterocycles. The molecule has 0 aliphatic carbocycles. The minimum Gasteiger partial charge on any atom is -0.484 e. The molecule has 0 radical (unpaired) electrons. The van der Waals surface area contributed by atoms with E-state index in [1.807, 2.05) is 0 Å². The van der Waals surface area contributed by atoms with Crippen LogP contribution in [0.1, 0.15) is 12.8 Å². The molecule has 7 nitrogen and oxygen atoms in total. The molecule has 2 rings (SSSR count). The SMILES string of the molecule is CN1CCC(NC(=O)COc2ccc(S(=O)(=O)N(C)C)cc2)CC1.